The van der Waals surface area contributed by atoms with E-state index < -0.39 is 0 Å². The molecular weight excluding hydrogens is 354 g/mol. The van der Waals surface area contributed by atoms with Crippen molar-refractivity contribution in [2.45, 2.75) is 38.9 Å². The maximum Gasteiger partial charge on any atom is 0.199 e. The summed E-state index contributed by atoms with van der Waals surface area (Å²) in [6.45, 7) is 9.24. The van der Waals surface area contributed by atoms with Gasteiger partial charge in [0.05, 0.1) is 6.67 Å². The van der Waals surface area contributed by atoms with E-state index in [4.69, 9.17) is 17.3 Å². The number of benzene rings is 1. The highest BCUT2D eigenvalue weighted by Crippen LogP contribution is 2.39. The Balaban J connectivity index is 1.28. The van der Waals surface area contributed by atoms with Crippen LogP contribution in [0.1, 0.15) is 37.1 Å². The summed E-state index contributed by atoms with van der Waals surface area (Å²) in [6.07, 6.45) is 7.01. The molecule has 0 spiro atoms. The third-order valence-electron chi connectivity index (χ3n) is 5.48. The summed E-state index contributed by atoms with van der Waals surface area (Å²) in [5, 5.41) is 4.85. The Bertz CT molecular complexity index is 826. The Kier molecular flexibility index (Phi) is 5.86. The molecule has 0 unspecified atom stereocenters. The van der Waals surface area contributed by atoms with Gasteiger partial charge in [0, 0.05) is 45.2 Å². The second kappa shape index (κ2) is 8.50. The normalized spacial score (nSPS) is 19.1. The smallest absolute Gasteiger partial charge is 0.199 e. The van der Waals surface area contributed by atoms with Crippen molar-refractivity contribution in [3.05, 3.63) is 52.6 Å². The van der Waals surface area contributed by atoms with E-state index in [2.05, 4.69) is 63.8 Å². The molecule has 6 heteroatoms. The molecule has 0 atom stereocenters. The van der Waals surface area contributed by atoms with Gasteiger partial charge in [-0.2, -0.15) is 5.10 Å². The van der Waals surface area contributed by atoms with Gasteiger partial charge >= 0.3 is 0 Å². The van der Waals surface area contributed by atoms with Crippen LogP contribution in [0.2, 0.25) is 0 Å². The van der Waals surface area contributed by atoms with Crippen molar-refractivity contribution in [1.82, 2.24) is 24.1 Å². The Morgan fingerprint density at radius 3 is 2.44 bits per heavy atom. The van der Waals surface area contributed by atoms with Crippen molar-refractivity contribution in [1.29, 1.82) is 0 Å². The first kappa shape index (κ1) is 18.6. The van der Waals surface area contributed by atoms with Crippen LogP contribution in [0.15, 0.2) is 36.4 Å². The van der Waals surface area contributed by atoms with Crippen molar-refractivity contribution >= 4 is 18.3 Å². The number of piperazine rings is 1. The van der Waals surface area contributed by atoms with Crippen LogP contribution in [0.3, 0.4) is 0 Å². The SMILES string of the molecule is CCn1c(C2CC2)nn(CN2CCN(C/C=C/c3ccccc3)CC2)c1=S. The van der Waals surface area contributed by atoms with Crippen LogP contribution < -0.4 is 0 Å². The van der Waals surface area contributed by atoms with Crippen LogP contribution in [0.25, 0.3) is 6.08 Å². The third-order valence-corrected chi connectivity index (χ3v) is 5.91. The van der Waals surface area contributed by atoms with E-state index in [9.17, 15) is 0 Å². The predicted molar refractivity (Wildman–Crippen MR) is 112 cm³/mol. The second-order valence-electron chi connectivity index (χ2n) is 7.53. The molecule has 1 aliphatic carbocycles. The van der Waals surface area contributed by atoms with Gasteiger partial charge < -0.3 is 4.57 Å². The summed E-state index contributed by atoms with van der Waals surface area (Å²) >= 11 is 5.67. The highest BCUT2D eigenvalue weighted by Gasteiger charge is 2.30. The Morgan fingerprint density at radius 1 is 1.07 bits per heavy atom. The Morgan fingerprint density at radius 2 is 1.78 bits per heavy atom. The Labute approximate surface area is 166 Å². The zero-order chi connectivity index (χ0) is 18.6. The first-order valence-corrected chi connectivity index (χ1v) is 10.5. The standard InChI is InChI=1S/C21H29N5S/c1-2-25-20(19-10-11-19)22-26(21(25)27)17-24-15-13-23(14-16-24)12-6-9-18-7-4-3-5-8-18/h3-9,19H,2,10-17H2,1H3/b9-6+. The quantitative estimate of drug-likeness (QED) is 0.683. The van der Waals surface area contributed by atoms with Gasteiger partial charge in [-0.25, -0.2) is 4.68 Å². The number of hydrogen-bond acceptors (Lipinski definition) is 4. The van der Waals surface area contributed by atoms with Crippen molar-refractivity contribution in [3.8, 4) is 0 Å². The molecule has 144 valence electrons. The van der Waals surface area contributed by atoms with E-state index in [0.29, 0.717) is 5.92 Å². The third kappa shape index (κ3) is 4.57. The fraction of sp³-hybridized carbons (Fsp3) is 0.524. The molecule has 0 bridgehead atoms. The van der Waals surface area contributed by atoms with Crippen LogP contribution >= 0.6 is 12.2 Å². The van der Waals surface area contributed by atoms with Crippen molar-refractivity contribution in [2.24, 2.45) is 0 Å². The summed E-state index contributed by atoms with van der Waals surface area (Å²) in [6, 6.07) is 10.5. The second-order valence-corrected chi connectivity index (χ2v) is 7.90. The van der Waals surface area contributed by atoms with Gasteiger partial charge in [-0.15, -0.1) is 0 Å². The van der Waals surface area contributed by atoms with E-state index in [1.165, 1.54) is 24.2 Å². The van der Waals surface area contributed by atoms with Gasteiger partial charge in [-0.1, -0.05) is 42.5 Å². The van der Waals surface area contributed by atoms with E-state index >= 15 is 0 Å². The topological polar surface area (TPSA) is 29.2 Å². The van der Waals surface area contributed by atoms with Crippen molar-refractivity contribution in [2.75, 3.05) is 32.7 Å². The van der Waals surface area contributed by atoms with Crippen LogP contribution in [0, 0.1) is 4.77 Å². The largest absolute Gasteiger partial charge is 0.304 e. The van der Waals surface area contributed by atoms with Gasteiger partial charge in [-0.3, -0.25) is 9.80 Å². The summed E-state index contributed by atoms with van der Waals surface area (Å²) in [5.41, 5.74) is 1.27. The Hall–Kier alpha value is -1.76. The predicted octanol–water partition coefficient (Wildman–Crippen LogP) is 3.60. The van der Waals surface area contributed by atoms with Crippen LogP contribution in [-0.4, -0.2) is 56.9 Å². The number of rotatable bonds is 7. The molecular formula is C21H29N5S. The highest BCUT2D eigenvalue weighted by atomic mass is 32.1. The van der Waals surface area contributed by atoms with Crippen LogP contribution in [0.5, 0.6) is 0 Å². The molecule has 2 heterocycles. The summed E-state index contributed by atoms with van der Waals surface area (Å²) in [7, 11) is 0. The van der Waals surface area contributed by atoms with Crippen LogP contribution in [-0.2, 0) is 13.2 Å². The number of nitrogens with zero attached hydrogens (tertiary/aromatic N) is 5. The molecule has 0 N–H and O–H groups in total. The van der Waals surface area contributed by atoms with Gasteiger partial charge in [-0.05, 0) is 37.5 Å². The summed E-state index contributed by atoms with van der Waals surface area (Å²) < 4.78 is 5.14. The summed E-state index contributed by atoms with van der Waals surface area (Å²) in [5.74, 6) is 1.84. The molecule has 0 radical (unpaired) electrons. The molecule has 4 rings (SSSR count). The first-order valence-electron chi connectivity index (χ1n) is 10.1. The van der Waals surface area contributed by atoms with Crippen LogP contribution in [0.4, 0.5) is 0 Å². The van der Waals surface area contributed by atoms with E-state index in [-0.39, 0.29) is 0 Å². The zero-order valence-corrected chi connectivity index (χ0v) is 16.9. The molecule has 1 saturated carbocycles. The maximum absolute atomic E-state index is 5.67. The monoisotopic (exact) mass is 383 g/mol. The average molecular weight is 384 g/mol. The maximum atomic E-state index is 5.67. The molecule has 2 aromatic rings. The van der Waals surface area contributed by atoms with Gasteiger partial charge in [0.25, 0.3) is 0 Å². The summed E-state index contributed by atoms with van der Waals surface area (Å²) in [4.78, 5) is 4.98. The van der Waals surface area contributed by atoms with Gasteiger partial charge in [0.2, 0.25) is 0 Å². The molecule has 27 heavy (non-hydrogen) atoms. The molecule has 1 aromatic carbocycles. The molecule has 0 amide bonds. The van der Waals surface area contributed by atoms with E-state index in [1.807, 2.05) is 4.68 Å². The minimum atomic E-state index is 0.640. The molecule has 2 aliphatic rings. The molecule has 2 fully saturated rings. The lowest BCUT2D eigenvalue weighted by molar-refractivity contribution is 0.110. The fourth-order valence-corrected chi connectivity index (χ4v) is 4.02. The molecule has 1 aromatic heterocycles. The lowest BCUT2D eigenvalue weighted by atomic mass is 10.2. The first-order chi connectivity index (χ1) is 13.2. The van der Waals surface area contributed by atoms with E-state index in [1.54, 1.807) is 0 Å². The molecule has 1 saturated heterocycles. The average Bonchev–Trinajstić information content (AvgIpc) is 3.49. The molecule has 5 nitrogen and oxygen atoms in total. The lowest BCUT2D eigenvalue weighted by Gasteiger charge is -2.33. The zero-order valence-electron chi connectivity index (χ0n) is 16.1. The lowest BCUT2D eigenvalue weighted by Crippen LogP contribution is -2.46. The number of aromatic nitrogens is 3. The minimum absolute atomic E-state index is 0.640. The number of hydrogen-bond donors (Lipinski definition) is 0. The molecule has 1 aliphatic heterocycles. The van der Waals surface area contributed by atoms with Gasteiger partial charge in [0.1, 0.15) is 5.82 Å². The van der Waals surface area contributed by atoms with Crippen molar-refractivity contribution in [3.63, 3.8) is 0 Å². The minimum Gasteiger partial charge on any atom is -0.304 e. The highest BCUT2D eigenvalue weighted by molar-refractivity contribution is 7.71. The van der Waals surface area contributed by atoms with Crippen molar-refractivity contribution < 1.29 is 0 Å². The fourth-order valence-electron chi connectivity index (χ4n) is 3.70. The van der Waals surface area contributed by atoms with E-state index in [0.717, 1.165) is 50.7 Å². The van der Waals surface area contributed by atoms with Gasteiger partial charge in [0.15, 0.2) is 4.77 Å².